The highest BCUT2D eigenvalue weighted by Gasteiger charge is 2.37. The summed E-state index contributed by atoms with van der Waals surface area (Å²) in [5.74, 6) is -0.197. The SMILES string of the molecule is Cc1ccc(CC2(O)CCc3c(F)cccc32)cc1. The van der Waals surface area contributed by atoms with E-state index in [0.717, 1.165) is 11.1 Å². The van der Waals surface area contributed by atoms with Crippen LogP contribution in [0, 0.1) is 12.7 Å². The van der Waals surface area contributed by atoms with Gasteiger partial charge in [-0.2, -0.15) is 0 Å². The molecule has 0 fully saturated rings. The molecule has 1 unspecified atom stereocenters. The first kappa shape index (κ1) is 12.4. The molecular weight excluding hydrogens is 239 g/mol. The van der Waals surface area contributed by atoms with Crippen molar-refractivity contribution < 1.29 is 9.50 Å². The standard InChI is InChI=1S/C17H17FO/c1-12-5-7-13(8-6-12)11-17(19)10-9-14-15(17)3-2-4-16(14)18/h2-8,19H,9-11H2,1H3. The number of rotatable bonds is 2. The first-order chi connectivity index (χ1) is 9.08. The van der Waals surface area contributed by atoms with Crippen molar-refractivity contribution in [3.63, 3.8) is 0 Å². The highest BCUT2D eigenvalue weighted by Crippen LogP contribution is 2.40. The zero-order chi connectivity index (χ0) is 13.5. The van der Waals surface area contributed by atoms with Crippen molar-refractivity contribution in [2.24, 2.45) is 0 Å². The summed E-state index contributed by atoms with van der Waals surface area (Å²) in [5, 5.41) is 10.8. The number of hydrogen-bond donors (Lipinski definition) is 1. The van der Waals surface area contributed by atoms with E-state index >= 15 is 0 Å². The van der Waals surface area contributed by atoms with Crippen LogP contribution in [0.3, 0.4) is 0 Å². The molecule has 1 nitrogen and oxygen atoms in total. The van der Waals surface area contributed by atoms with Gasteiger partial charge in [0.25, 0.3) is 0 Å². The van der Waals surface area contributed by atoms with Crippen molar-refractivity contribution >= 4 is 0 Å². The molecule has 19 heavy (non-hydrogen) atoms. The molecule has 0 aromatic heterocycles. The van der Waals surface area contributed by atoms with Crippen molar-refractivity contribution in [2.45, 2.75) is 31.8 Å². The fraction of sp³-hybridized carbons (Fsp3) is 0.294. The molecule has 0 aliphatic heterocycles. The summed E-state index contributed by atoms with van der Waals surface area (Å²) in [7, 11) is 0. The van der Waals surface area contributed by atoms with E-state index in [9.17, 15) is 9.50 Å². The first-order valence-corrected chi connectivity index (χ1v) is 6.64. The van der Waals surface area contributed by atoms with Gasteiger partial charge < -0.3 is 5.11 Å². The Morgan fingerprint density at radius 2 is 1.89 bits per heavy atom. The zero-order valence-electron chi connectivity index (χ0n) is 11.0. The molecule has 1 aliphatic carbocycles. The Kier molecular flexibility index (Phi) is 2.90. The molecule has 3 rings (SSSR count). The van der Waals surface area contributed by atoms with Gasteiger partial charge in [-0.3, -0.25) is 0 Å². The van der Waals surface area contributed by atoms with Crippen molar-refractivity contribution in [3.05, 3.63) is 70.5 Å². The van der Waals surface area contributed by atoms with E-state index in [0.29, 0.717) is 24.8 Å². The number of benzene rings is 2. The van der Waals surface area contributed by atoms with E-state index in [-0.39, 0.29) is 5.82 Å². The van der Waals surface area contributed by atoms with Crippen LogP contribution in [-0.4, -0.2) is 5.11 Å². The van der Waals surface area contributed by atoms with E-state index in [2.05, 4.69) is 0 Å². The molecule has 98 valence electrons. The first-order valence-electron chi connectivity index (χ1n) is 6.64. The number of hydrogen-bond acceptors (Lipinski definition) is 1. The molecule has 1 atom stereocenters. The fourth-order valence-electron chi connectivity index (χ4n) is 2.94. The van der Waals surface area contributed by atoms with Gasteiger partial charge in [-0.25, -0.2) is 4.39 Å². The monoisotopic (exact) mass is 256 g/mol. The summed E-state index contributed by atoms with van der Waals surface area (Å²) in [6.07, 6.45) is 1.76. The van der Waals surface area contributed by atoms with Crippen LogP contribution in [-0.2, 0) is 18.4 Å². The lowest BCUT2D eigenvalue weighted by Crippen LogP contribution is -2.25. The molecule has 2 heteroatoms. The van der Waals surface area contributed by atoms with Gasteiger partial charge in [0, 0.05) is 6.42 Å². The molecule has 0 spiro atoms. The molecule has 2 aromatic rings. The van der Waals surface area contributed by atoms with Crippen LogP contribution in [0.1, 0.15) is 28.7 Å². The molecular formula is C17H17FO. The van der Waals surface area contributed by atoms with E-state index in [4.69, 9.17) is 0 Å². The zero-order valence-corrected chi connectivity index (χ0v) is 11.0. The molecule has 0 saturated heterocycles. The lowest BCUT2D eigenvalue weighted by Gasteiger charge is -2.24. The summed E-state index contributed by atoms with van der Waals surface area (Å²) in [4.78, 5) is 0. The maximum Gasteiger partial charge on any atom is 0.126 e. The van der Waals surface area contributed by atoms with E-state index in [1.807, 2.05) is 37.3 Å². The van der Waals surface area contributed by atoms with E-state index < -0.39 is 5.60 Å². The van der Waals surface area contributed by atoms with Gasteiger partial charge in [0.1, 0.15) is 5.82 Å². The third kappa shape index (κ3) is 2.17. The van der Waals surface area contributed by atoms with Crippen molar-refractivity contribution in [1.82, 2.24) is 0 Å². The lowest BCUT2D eigenvalue weighted by atomic mass is 9.88. The van der Waals surface area contributed by atoms with Crippen LogP contribution in [0.25, 0.3) is 0 Å². The maximum absolute atomic E-state index is 13.7. The largest absolute Gasteiger partial charge is 0.385 e. The molecule has 0 radical (unpaired) electrons. The summed E-state index contributed by atoms with van der Waals surface area (Å²) < 4.78 is 13.7. The molecule has 0 heterocycles. The molecule has 2 aromatic carbocycles. The average Bonchev–Trinajstić information content (AvgIpc) is 2.72. The lowest BCUT2D eigenvalue weighted by molar-refractivity contribution is 0.0389. The Morgan fingerprint density at radius 1 is 1.16 bits per heavy atom. The fourth-order valence-corrected chi connectivity index (χ4v) is 2.94. The topological polar surface area (TPSA) is 20.2 Å². The normalized spacial score (nSPS) is 21.4. The van der Waals surface area contributed by atoms with Crippen LogP contribution in [0.2, 0.25) is 0 Å². The highest BCUT2D eigenvalue weighted by atomic mass is 19.1. The minimum absolute atomic E-state index is 0.197. The smallest absolute Gasteiger partial charge is 0.126 e. The summed E-state index contributed by atoms with van der Waals surface area (Å²) in [6, 6.07) is 13.1. The highest BCUT2D eigenvalue weighted by molar-refractivity contribution is 5.40. The molecule has 1 N–H and O–H groups in total. The Hall–Kier alpha value is -1.67. The van der Waals surface area contributed by atoms with Gasteiger partial charge in [0.05, 0.1) is 5.60 Å². The van der Waals surface area contributed by atoms with Gasteiger partial charge in [0.2, 0.25) is 0 Å². The quantitative estimate of drug-likeness (QED) is 0.871. The summed E-state index contributed by atoms with van der Waals surface area (Å²) in [5.41, 5.74) is 2.80. The van der Waals surface area contributed by atoms with Gasteiger partial charge in [-0.1, -0.05) is 42.0 Å². The van der Waals surface area contributed by atoms with Gasteiger partial charge in [-0.15, -0.1) is 0 Å². The van der Waals surface area contributed by atoms with Crippen molar-refractivity contribution in [2.75, 3.05) is 0 Å². The maximum atomic E-state index is 13.7. The second-order valence-corrected chi connectivity index (χ2v) is 5.46. The number of aliphatic hydroxyl groups is 1. The number of fused-ring (bicyclic) bond motifs is 1. The molecule has 0 bridgehead atoms. The summed E-state index contributed by atoms with van der Waals surface area (Å²) in [6.45, 7) is 2.04. The Bertz CT molecular complexity index is 603. The molecule has 1 aliphatic rings. The third-order valence-corrected chi connectivity index (χ3v) is 4.03. The van der Waals surface area contributed by atoms with Crippen LogP contribution in [0.15, 0.2) is 42.5 Å². The van der Waals surface area contributed by atoms with Crippen LogP contribution in [0.5, 0.6) is 0 Å². The molecule has 0 amide bonds. The van der Waals surface area contributed by atoms with Gasteiger partial charge >= 0.3 is 0 Å². The van der Waals surface area contributed by atoms with Crippen LogP contribution < -0.4 is 0 Å². The van der Waals surface area contributed by atoms with Crippen molar-refractivity contribution in [3.8, 4) is 0 Å². The Morgan fingerprint density at radius 3 is 2.63 bits per heavy atom. The van der Waals surface area contributed by atoms with Crippen LogP contribution >= 0.6 is 0 Å². The van der Waals surface area contributed by atoms with Crippen molar-refractivity contribution in [1.29, 1.82) is 0 Å². The van der Waals surface area contributed by atoms with Crippen LogP contribution in [0.4, 0.5) is 4.39 Å². The second-order valence-electron chi connectivity index (χ2n) is 5.46. The Labute approximate surface area is 112 Å². The molecule has 0 saturated carbocycles. The predicted molar refractivity (Wildman–Crippen MR) is 73.5 cm³/mol. The second kappa shape index (κ2) is 4.46. The van der Waals surface area contributed by atoms with Gasteiger partial charge in [-0.05, 0) is 42.5 Å². The Balaban J connectivity index is 1.94. The summed E-state index contributed by atoms with van der Waals surface area (Å²) >= 11 is 0. The van der Waals surface area contributed by atoms with Gasteiger partial charge in [0.15, 0.2) is 0 Å². The minimum atomic E-state index is -0.924. The third-order valence-electron chi connectivity index (χ3n) is 4.03. The minimum Gasteiger partial charge on any atom is -0.385 e. The van der Waals surface area contributed by atoms with E-state index in [1.165, 1.54) is 11.6 Å². The van der Waals surface area contributed by atoms with E-state index in [1.54, 1.807) is 6.07 Å². The number of aryl methyl sites for hydroxylation is 1. The average molecular weight is 256 g/mol. The number of halogens is 1. The predicted octanol–water partition coefficient (Wildman–Crippen LogP) is 3.51.